The first-order chi connectivity index (χ1) is 7.75. The SMILES string of the molecule is N[C@@H]1CC[C@H](CNC(=O)c2ccccc2)C1. The number of benzene rings is 1. The van der Waals surface area contributed by atoms with Gasteiger partial charge in [0.1, 0.15) is 0 Å². The molecule has 16 heavy (non-hydrogen) atoms. The highest BCUT2D eigenvalue weighted by Crippen LogP contribution is 2.23. The van der Waals surface area contributed by atoms with Crippen LogP contribution in [0.3, 0.4) is 0 Å². The second kappa shape index (κ2) is 5.12. The quantitative estimate of drug-likeness (QED) is 0.808. The summed E-state index contributed by atoms with van der Waals surface area (Å²) in [6.07, 6.45) is 3.26. The topological polar surface area (TPSA) is 55.1 Å². The van der Waals surface area contributed by atoms with Crippen LogP contribution in [0.4, 0.5) is 0 Å². The van der Waals surface area contributed by atoms with E-state index < -0.39 is 0 Å². The van der Waals surface area contributed by atoms with Crippen molar-refractivity contribution in [2.45, 2.75) is 25.3 Å². The van der Waals surface area contributed by atoms with Gasteiger partial charge in [0.25, 0.3) is 5.91 Å². The molecule has 0 spiro atoms. The van der Waals surface area contributed by atoms with Crippen molar-refractivity contribution in [2.75, 3.05) is 6.54 Å². The van der Waals surface area contributed by atoms with E-state index in [9.17, 15) is 4.79 Å². The molecule has 0 heterocycles. The smallest absolute Gasteiger partial charge is 0.251 e. The lowest BCUT2D eigenvalue weighted by molar-refractivity contribution is 0.0947. The highest BCUT2D eigenvalue weighted by Gasteiger charge is 2.21. The summed E-state index contributed by atoms with van der Waals surface area (Å²) >= 11 is 0. The Hall–Kier alpha value is -1.35. The molecule has 0 aromatic heterocycles. The molecular formula is C13H18N2O. The second-order valence-corrected chi connectivity index (χ2v) is 4.52. The van der Waals surface area contributed by atoms with E-state index in [-0.39, 0.29) is 5.91 Å². The minimum atomic E-state index is 0.0149. The average molecular weight is 218 g/mol. The molecule has 1 aromatic rings. The van der Waals surface area contributed by atoms with Crippen LogP contribution in [0.1, 0.15) is 29.6 Å². The van der Waals surface area contributed by atoms with Crippen molar-refractivity contribution in [3.63, 3.8) is 0 Å². The Bertz CT molecular complexity index is 350. The molecule has 1 saturated carbocycles. The molecule has 1 aromatic carbocycles. The van der Waals surface area contributed by atoms with Gasteiger partial charge in [-0.15, -0.1) is 0 Å². The molecule has 1 aliphatic rings. The summed E-state index contributed by atoms with van der Waals surface area (Å²) in [6, 6.07) is 9.65. The normalized spacial score (nSPS) is 24.3. The molecule has 3 nitrogen and oxygen atoms in total. The van der Waals surface area contributed by atoms with Gasteiger partial charge in [0.15, 0.2) is 0 Å². The van der Waals surface area contributed by atoms with E-state index in [1.807, 2.05) is 30.3 Å². The van der Waals surface area contributed by atoms with Gasteiger partial charge in [-0.25, -0.2) is 0 Å². The van der Waals surface area contributed by atoms with E-state index in [0.29, 0.717) is 12.0 Å². The largest absolute Gasteiger partial charge is 0.352 e. The third kappa shape index (κ3) is 2.83. The average Bonchev–Trinajstić information content (AvgIpc) is 2.73. The van der Waals surface area contributed by atoms with E-state index in [1.54, 1.807) is 0 Å². The molecule has 0 radical (unpaired) electrons. The molecule has 0 saturated heterocycles. The fourth-order valence-electron chi connectivity index (χ4n) is 2.23. The molecule has 0 bridgehead atoms. The number of carbonyl (C=O) groups excluding carboxylic acids is 1. The molecule has 1 aliphatic carbocycles. The van der Waals surface area contributed by atoms with Crippen molar-refractivity contribution in [3.8, 4) is 0 Å². The highest BCUT2D eigenvalue weighted by atomic mass is 16.1. The summed E-state index contributed by atoms with van der Waals surface area (Å²) in [6.45, 7) is 0.751. The zero-order valence-corrected chi connectivity index (χ0v) is 9.36. The first kappa shape index (κ1) is 11.1. The van der Waals surface area contributed by atoms with Gasteiger partial charge >= 0.3 is 0 Å². The van der Waals surface area contributed by atoms with Gasteiger partial charge in [-0.3, -0.25) is 4.79 Å². The van der Waals surface area contributed by atoms with Crippen molar-refractivity contribution in [2.24, 2.45) is 11.7 Å². The first-order valence-corrected chi connectivity index (χ1v) is 5.84. The summed E-state index contributed by atoms with van der Waals surface area (Å²) in [5, 5.41) is 2.97. The number of hydrogen-bond donors (Lipinski definition) is 2. The van der Waals surface area contributed by atoms with Crippen molar-refractivity contribution in [3.05, 3.63) is 35.9 Å². The lowest BCUT2D eigenvalue weighted by atomic mass is 10.1. The lowest BCUT2D eigenvalue weighted by Gasteiger charge is -2.10. The lowest BCUT2D eigenvalue weighted by Crippen LogP contribution is -2.29. The standard InChI is InChI=1S/C13H18N2O/c14-12-7-6-10(8-12)9-15-13(16)11-4-2-1-3-5-11/h1-5,10,12H,6-9,14H2,(H,15,16)/t10-,12+/m0/s1. The third-order valence-corrected chi connectivity index (χ3v) is 3.17. The maximum Gasteiger partial charge on any atom is 0.251 e. The van der Waals surface area contributed by atoms with E-state index in [4.69, 9.17) is 5.73 Å². The Morgan fingerprint density at radius 3 is 2.69 bits per heavy atom. The van der Waals surface area contributed by atoms with Gasteiger partial charge in [-0.05, 0) is 37.3 Å². The van der Waals surface area contributed by atoms with Crippen LogP contribution in [-0.4, -0.2) is 18.5 Å². The third-order valence-electron chi connectivity index (χ3n) is 3.17. The second-order valence-electron chi connectivity index (χ2n) is 4.52. The van der Waals surface area contributed by atoms with E-state index in [1.165, 1.54) is 0 Å². The minimum absolute atomic E-state index is 0.0149. The van der Waals surface area contributed by atoms with Crippen LogP contribution in [0, 0.1) is 5.92 Å². The number of nitrogens with two attached hydrogens (primary N) is 1. The molecule has 1 amide bonds. The van der Waals surface area contributed by atoms with Gasteiger partial charge in [0.05, 0.1) is 0 Å². The van der Waals surface area contributed by atoms with Crippen LogP contribution < -0.4 is 11.1 Å². The maximum absolute atomic E-state index is 11.7. The summed E-state index contributed by atoms with van der Waals surface area (Å²) in [5.74, 6) is 0.573. The summed E-state index contributed by atoms with van der Waals surface area (Å²) in [4.78, 5) is 11.7. The van der Waals surface area contributed by atoms with Crippen LogP contribution in [0.5, 0.6) is 0 Å². The molecule has 2 rings (SSSR count). The molecule has 2 atom stereocenters. The molecule has 0 unspecified atom stereocenters. The molecule has 86 valence electrons. The Morgan fingerprint density at radius 2 is 2.06 bits per heavy atom. The van der Waals surface area contributed by atoms with Gasteiger partial charge in [-0.1, -0.05) is 18.2 Å². The van der Waals surface area contributed by atoms with E-state index in [2.05, 4.69) is 5.32 Å². The Morgan fingerprint density at radius 1 is 1.31 bits per heavy atom. The number of amides is 1. The van der Waals surface area contributed by atoms with Crippen LogP contribution >= 0.6 is 0 Å². The zero-order chi connectivity index (χ0) is 11.4. The van der Waals surface area contributed by atoms with E-state index in [0.717, 1.165) is 31.4 Å². The van der Waals surface area contributed by atoms with Gasteiger partial charge < -0.3 is 11.1 Å². The fraction of sp³-hybridized carbons (Fsp3) is 0.462. The predicted molar refractivity (Wildman–Crippen MR) is 64.1 cm³/mol. The molecule has 3 N–H and O–H groups in total. The van der Waals surface area contributed by atoms with Crippen molar-refractivity contribution in [1.29, 1.82) is 0 Å². The number of hydrogen-bond acceptors (Lipinski definition) is 2. The van der Waals surface area contributed by atoms with Gasteiger partial charge in [0.2, 0.25) is 0 Å². The highest BCUT2D eigenvalue weighted by molar-refractivity contribution is 5.94. The van der Waals surface area contributed by atoms with E-state index >= 15 is 0 Å². The summed E-state index contributed by atoms with van der Waals surface area (Å²) in [7, 11) is 0. The number of nitrogens with one attached hydrogen (secondary N) is 1. The Balaban J connectivity index is 1.80. The number of carbonyl (C=O) groups is 1. The summed E-state index contributed by atoms with van der Waals surface area (Å²) in [5.41, 5.74) is 6.56. The minimum Gasteiger partial charge on any atom is -0.352 e. The monoisotopic (exact) mass is 218 g/mol. The van der Waals surface area contributed by atoms with Crippen molar-refractivity contribution >= 4 is 5.91 Å². The number of rotatable bonds is 3. The van der Waals surface area contributed by atoms with Crippen LogP contribution in [-0.2, 0) is 0 Å². The summed E-state index contributed by atoms with van der Waals surface area (Å²) < 4.78 is 0. The molecular weight excluding hydrogens is 200 g/mol. The first-order valence-electron chi connectivity index (χ1n) is 5.84. The van der Waals surface area contributed by atoms with Crippen molar-refractivity contribution < 1.29 is 4.79 Å². The predicted octanol–water partition coefficient (Wildman–Crippen LogP) is 1.54. The Kier molecular flexibility index (Phi) is 3.57. The van der Waals surface area contributed by atoms with Crippen LogP contribution in [0.15, 0.2) is 30.3 Å². The van der Waals surface area contributed by atoms with Crippen molar-refractivity contribution in [1.82, 2.24) is 5.32 Å². The fourth-order valence-corrected chi connectivity index (χ4v) is 2.23. The van der Waals surface area contributed by atoms with Crippen LogP contribution in [0.25, 0.3) is 0 Å². The Labute approximate surface area is 96.0 Å². The maximum atomic E-state index is 11.7. The van der Waals surface area contributed by atoms with Gasteiger partial charge in [0, 0.05) is 18.2 Å². The molecule has 3 heteroatoms. The molecule has 1 fully saturated rings. The van der Waals surface area contributed by atoms with Crippen LogP contribution in [0.2, 0.25) is 0 Å². The zero-order valence-electron chi connectivity index (χ0n) is 9.36. The van der Waals surface area contributed by atoms with Gasteiger partial charge in [-0.2, -0.15) is 0 Å². The molecule has 0 aliphatic heterocycles.